The van der Waals surface area contributed by atoms with Crippen LogP contribution in [0.25, 0.3) is 0 Å². The summed E-state index contributed by atoms with van der Waals surface area (Å²) in [6.45, 7) is 3.11. The van der Waals surface area contributed by atoms with Gasteiger partial charge in [-0.1, -0.05) is 19.3 Å². The molecule has 3 heteroatoms. The van der Waals surface area contributed by atoms with Crippen LogP contribution in [-0.2, 0) is 4.79 Å². The van der Waals surface area contributed by atoms with Gasteiger partial charge in [-0.2, -0.15) is 0 Å². The highest BCUT2D eigenvalue weighted by Crippen LogP contribution is 2.27. The minimum Gasteiger partial charge on any atom is -0.340 e. The highest BCUT2D eigenvalue weighted by Gasteiger charge is 2.34. The molecule has 2 rings (SSSR count). The van der Waals surface area contributed by atoms with Crippen LogP contribution in [0.4, 0.5) is 0 Å². The zero-order valence-corrected chi connectivity index (χ0v) is 10.3. The molecule has 3 unspecified atom stereocenters. The van der Waals surface area contributed by atoms with E-state index in [1.807, 2.05) is 0 Å². The second-order valence-electron chi connectivity index (χ2n) is 5.43. The monoisotopic (exact) mass is 224 g/mol. The van der Waals surface area contributed by atoms with Gasteiger partial charge in [0.2, 0.25) is 5.91 Å². The van der Waals surface area contributed by atoms with Crippen LogP contribution in [0.3, 0.4) is 0 Å². The molecule has 0 aromatic heterocycles. The smallest absolute Gasteiger partial charge is 0.227 e. The van der Waals surface area contributed by atoms with Crippen molar-refractivity contribution < 1.29 is 4.79 Å². The van der Waals surface area contributed by atoms with Gasteiger partial charge in [0.1, 0.15) is 0 Å². The minimum atomic E-state index is 0.0998. The first-order valence-electron chi connectivity index (χ1n) is 6.76. The maximum Gasteiger partial charge on any atom is 0.227 e. The second-order valence-corrected chi connectivity index (χ2v) is 5.43. The Morgan fingerprint density at radius 3 is 2.56 bits per heavy atom. The highest BCUT2D eigenvalue weighted by molar-refractivity contribution is 5.80. The molecule has 0 radical (unpaired) electrons. The zero-order valence-electron chi connectivity index (χ0n) is 10.3. The molecule has 2 fully saturated rings. The molecule has 0 aromatic carbocycles. The van der Waals surface area contributed by atoms with E-state index < -0.39 is 0 Å². The average Bonchev–Trinajstić information content (AvgIpc) is 2.56. The molecule has 1 amide bonds. The molecule has 3 nitrogen and oxygen atoms in total. The van der Waals surface area contributed by atoms with Crippen LogP contribution >= 0.6 is 0 Å². The quantitative estimate of drug-likeness (QED) is 0.692. The fourth-order valence-electron chi connectivity index (χ4n) is 3.12. The third-order valence-electron chi connectivity index (χ3n) is 4.22. The summed E-state index contributed by atoms with van der Waals surface area (Å²) < 4.78 is 0. The van der Waals surface area contributed by atoms with Crippen molar-refractivity contribution in [3.63, 3.8) is 0 Å². The summed E-state index contributed by atoms with van der Waals surface area (Å²) >= 11 is 0. The minimum absolute atomic E-state index is 0.0998. The van der Waals surface area contributed by atoms with E-state index >= 15 is 0 Å². The van der Waals surface area contributed by atoms with E-state index in [9.17, 15) is 4.79 Å². The van der Waals surface area contributed by atoms with Gasteiger partial charge in [-0.3, -0.25) is 4.79 Å². The van der Waals surface area contributed by atoms with E-state index in [-0.39, 0.29) is 12.0 Å². The topological polar surface area (TPSA) is 46.3 Å². The first-order valence-corrected chi connectivity index (χ1v) is 6.76. The number of likely N-dealkylation sites (tertiary alicyclic amines) is 1. The Kier molecular flexibility index (Phi) is 3.85. The number of carbonyl (C=O) groups is 1. The van der Waals surface area contributed by atoms with Crippen LogP contribution in [0.2, 0.25) is 0 Å². The molecule has 2 N–H and O–H groups in total. The van der Waals surface area contributed by atoms with Gasteiger partial charge in [0.25, 0.3) is 0 Å². The van der Waals surface area contributed by atoms with Crippen molar-refractivity contribution in [2.45, 2.75) is 64.0 Å². The van der Waals surface area contributed by atoms with Crippen molar-refractivity contribution in [3.05, 3.63) is 0 Å². The molecule has 2 aliphatic rings. The molecule has 0 spiro atoms. The number of nitrogens with two attached hydrogens (primary N) is 1. The Balaban J connectivity index is 2.01. The van der Waals surface area contributed by atoms with Crippen LogP contribution in [-0.4, -0.2) is 29.4 Å². The van der Waals surface area contributed by atoms with Gasteiger partial charge in [-0.15, -0.1) is 0 Å². The van der Waals surface area contributed by atoms with Gasteiger partial charge in [0.15, 0.2) is 0 Å². The van der Waals surface area contributed by atoms with Crippen molar-refractivity contribution >= 4 is 5.91 Å². The van der Waals surface area contributed by atoms with E-state index in [4.69, 9.17) is 5.73 Å². The van der Waals surface area contributed by atoms with Crippen molar-refractivity contribution in [1.82, 2.24) is 4.90 Å². The Bertz CT molecular complexity index is 254. The molecule has 92 valence electrons. The van der Waals surface area contributed by atoms with Crippen LogP contribution < -0.4 is 5.73 Å². The molecule has 3 atom stereocenters. The van der Waals surface area contributed by atoms with Crippen molar-refractivity contribution in [3.8, 4) is 0 Å². The van der Waals surface area contributed by atoms with E-state index in [0.29, 0.717) is 11.9 Å². The molecule has 1 aliphatic heterocycles. The van der Waals surface area contributed by atoms with Crippen molar-refractivity contribution in [2.75, 3.05) is 6.54 Å². The third kappa shape index (κ3) is 2.40. The SMILES string of the molecule is CC1CCCN1C(=O)C1CCCCCC1N. The Labute approximate surface area is 98.4 Å². The van der Waals surface area contributed by atoms with Crippen LogP contribution in [0.5, 0.6) is 0 Å². The normalized spacial score (nSPS) is 36.1. The fourth-order valence-corrected chi connectivity index (χ4v) is 3.12. The molecule has 1 saturated heterocycles. The molecular formula is C13H24N2O. The number of rotatable bonds is 1. The molecule has 16 heavy (non-hydrogen) atoms. The highest BCUT2D eigenvalue weighted by atomic mass is 16.2. The number of hydrogen-bond acceptors (Lipinski definition) is 2. The summed E-state index contributed by atoms with van der Waals surface area (Å²) in [5, 5.41) is 0. The van der Waals surface area contributed by atoms with Crippen LogP contribution in [0.1, 0.15) is 51.9 Å². The Hall–Kier alpha value is -0.570. The zero-order chi connectivity index (χ0) is 11.5. The Morgan fingerprint density at radius 1 is 1.12 bits per heavy atom. The first-order chi connectivity index (χ1) is 7.70. The number of nitrogens with zero attached hydrogens (tertiary/aromatic N) is 1. The standard InChI is InChI=1S/C13H24N2O/c1-10-6-5-9-15(10)13(16)11-7-3-2-4-8-12(11)14/h10-12H,2-9,14H2,1H3. The maximum atomic E-state index is 12.4. The summed E-state index contributed by atoms with van der Waals surface area (Å²) in [6.07, 6.45) is 7.96. The molecular weight excluding hydrogens is 200 g/mol. The summed E-state index contributed by atoms with van der Waals surface area (Å²) in [5.41, 5.74) is 6.15. The summed E-state index contributed by atoms with van der Waals surface area (Å²) in [7, 11) is 0. The largest absolute Gasteiger partial charge is 0.340 e. The number of amides is 1. The fraction of sp³-hybridized carbons (Fsp3) is 0.923. The predicted molar refractivity (Wildman–Crippen MR) is 65.0 cm³/mol. The molecule has 1 heterocycles. The average molecular weight is 224 g/mol. The molecule has 1 aliphatic carbocycles. The number of hydrogen-bond donors (Lipinski definition) is 1. The lowest BCUT2D eigenvalue weighted by molar-refractivity contribution is -0.137. The molecule has 1 saturated carbocycles. The number of carbonyl (C=O) groups excluding carboxylic acids is 1. The van der Waals surface area contributed by atoms with Crippen molar-refractivity contribution in [2.24, 2.45) is 11.7 Å². The lowest BCUT2D eigenvalue weighted by Gasteiger charge is -2.29. The first kappa shape index (κ1) is 11.9. The lowest BCUT2D eigenvalue weighted by atomic mass is 9.94. The maximum absolute atomic E-state index is 12.4. The molecule has 0 bridgehead atoms. The summed E-state index contributed by atoms with van der Waals surface area (Å²) in [5.74, 6) is 0.433. The van der Waals surface area contributed by atoms with E-state index in [0.717, 1.165) is 32.2 Å². The van der Waals surface area contributed by atoms with Crippen LogP contribution in [0, 0.1) is 5.92 Å². The molecule has 0 aromatic rings. The van der Waals surface area contributed by atoms with Gasteiger partial charge >= 0.3 is 0 Å². The lowest BCUT2D eigenvalue weighted by Crippen LogP contribution is -2.45. The summed E-state index contributed by atoms with van der Waals surface area (Å²) in [4.78, 5) is 14.5. The van der Waals surface area contributed by atoms with Gasteiger partial charge in [0.05, 0.1) is 5.92 Å². The van der Waals surface area contributed by atoms with Gasteiger partial charge in [0, 0.05) is 18.6 Å². The van der Waals surface area contributed by atoms with E-state index in [1.54, 1.807) is 0 Å². The van der Waals surface area contributed by atoms with Gasteiger partial charge in [-0.25, -0.2) is 0 Å². The van der Waals surface area contributed by atoms with E-state index in [1.165, 1.54) is 19.3 Å². The Morgan fingerprint density at radius 2 is 1.88 bits per heavy atom. The van der Waals surface area contributed by atoms with Crippen molar-refractivity contribution in [1.29, 1.82) is 0 Å². The van der Waals surface area contributed by atoms with Gasteiger partial charge < -0.3 is 10.6 Å². The van der Waals surface area contributed by atoms with Crippen LogP contribution in [0.15, 0.2) is 0 Å². The van der Waals surface area contributed by atoms with Gasteiger partial charge in [-0.05, 0) is 32.6 Å². The third-order valence-corrected chi connectivity index (χ3v) is 4.22. The second kappa shape index (κ2) is 5.17. The summed E-state index contributed by atoms with van der Waals surface area (Å²) in [6, 6.07) is 0.533. The predicted octanol–water partition coefficient (Wildman–Crippen LogP) is 1.90. The van der Waals surface area contributed by atoms with E-state index in [2.05, 4.69) is 11.8 Å².